The van der Waals surface area contributed by atoms with E-state index >= 15 is 0 Å². The molecule has 5 heteroatoms. The lowest BCUT2D eigenvalue weighted by molar-refractivity contribution is -0.116. The number of benzene rings is 1. The minimum Gasteiger partial charge on any atom is -0.496 e. The van der Waals surface area contributed by atoms with E-state index < -0.39 is 6.09 Å². The van der Waals surface area contributed by atoms with Gasteiger partial charge < -0.3 is 14.4 Å². The van der Waals surface area contributed by atoms with E-state index in [2.05, 4.69) is 0 Å². The van der Waals surface area contributed by atoms with E-state index in [1.807, 2.05) is 25.1 Å². The van der Waals surface area contributed by atoms with Gasteiger partial charge in [0.1, 0.15) is 12.4 Å². The highest BCUT2D eigenvalue weighted by Crippen LogP contribution is 2.21. The molecule has 1 aromatic carbocycles. The average molecular weight is 263 g/mol. The minimum atomic E-state index is -0.450. The molecule has 0 N–H and O–H groups in total. The maximum atomic E-state index is 11.8. The van der Waals surface area contributed by atoms with E-state index in [-0.39, 0.29) is 18.9 Å². The highest BCUT2D eigenvalue weighted by molar-refractivity contribution is 5.87. The lowest BCUT2D eigenvalue weighted by Gasteiger charge is -2.15. The van der Waals surface area contributed by atoms with Crippen LogP contribution in [-0.4, -0.2) is 37.0 Å². The third-order valence-electron chi connectivity index (χ3n) is 3.07. The third kappa shape index (κ3) is 3.24. The van der Waals surface area contributed by atoms with Crippen LogP contribution < -0.4 is 4.74 Å². The number of likely N-dealkylation sites (tertiary alicyclic amines) is 1. The average Bonchev–Trinajstić information content (AvgIpc) is 2.83. The van der Waals surface area contributed by atoms with Crippen LogP contribution >= 0.6 is 0 Å². The van der Waals surface area contributed by atoms with E-state index in [9.17, 15) is 9.59 Å². The van der Waals surface area contributed by atoms with Crippen LogP contribution in [0.2, 0.25) is 0 Å². The number of Topliss-reactive ketones (excluding diaryl/α,β-unsaturated/α-hetero) is 1. The van der Waals surface area contributed by atoms with Crippen molar-refractivity contribution in [1.29, 1.82) is 0 Å². The number of hydrogen-bond donors (Lipinski definition) is 0. The predicted octanol–water partition coefficient (Wildman–Crippen LogP) is 1.92. The molecule has 0 atom stereocenters. The number of aryl methyl sites for hydroxylation is 1. The van der Waals surface area contributed by atoms with E-state index in [1.54, 1.807) is 7.11 Å². The number of carbonyl (C=O) groups is 2. The second-order valence-corrected chi connectivity index (χ2v) is 4.58. The lowest BCUT2D eigenvalue weighted by atomic mass is 10.1. The van der Waals surface area contributed by atoms with Crippen LogP contribution in [0, 0.1) is 6.92 Å². The molecule has 1 heterocycles. The Labute approximate surface area is 112 Å². The number of ether oxygens (including phenoxy) is 2. The van der Waals surface area contributed by atoms with Gasteiger partial charge >= 0.3 is 6.09 Å². The molecule has 1 aliphatic rings. The molecule has 0 bridgehead atoms. The predicted molar refractivity (Wildman–Crippen MR) is 69.1 cm³/mol. The molecule has 0 saturated carbocycles. The zero-order valence-corrected chi connectivity index (χ0v) is 11.1. The van der Waals surface area contributed by atoms with Crippen molar-refractivity contribution in [3.63, 3.8) is 0 Å². The Kier molecular flexibility index (Phi) is 4.04. The van der Waals surface area contributed by atoms with E-state index in [4.69, 9.17) is 9.47 Å². The van der Waals surface area contributed by atoms with Gasteiger partial charge in [-0.15, -0.1) is 0 Å². The van der Waals surface area contributed by atoms with Crippen molar-refractivity contribution in [1.82, 2.24) is 4.90 Å². The normalized spacial score (nSPS) is 14.6. The summed E-state index contributed by atoms with van der Waals surface area (Å²) in [6.45, 7) is 2.71. The Morgan fingerprint density at radius 1 is 1.42 bits per heavy atom. The number of carbonyl (C=O) groups excluding carboxylic acids is 2. The van der Waals surface area contributed by atoms with Gasteiger partial charge in [0.05, 0.1) is 13.7 Å². The molecule has 1 aromatic rings. The first-order chi connectivity index (χ1) is 9.10. The van der Waals surface area contributed by atoms with Crippen LogP contribution in [0.15, 0.2) is 18.2 Å². The van der Waals surface area contributed by atoms with Crippen LogP contribution in [0.1, 0.15) is 17.5 Å². The summed E-state index contributed by atoms with van der Waals surface area (Å²) in [5.74, 6) is 0.765. The smallest absolute Gasteiger partial charge is 0.410 e. The Bertz CT molecular complexity index is 498. The first kappa shape index (κ1) is 13.4. The van der Waals surface area contributed by atoms with Gasteiger partial charge in [-0.25, -0.2) is 4.79 Å². The SMILES string of the molecule is COc1ccc(C)cc1COC(=O)N1CCC(=O)C1. The fraction of sp³-hybridized carbons (Fsp3) is 0.429. The zero-order chi connectivity index (χ0) is 13.8. The van der Waals surface area contributed by atoms with Crippen LogP contribution in [0.4, 0.5) is 4.79 Å². The molecular formula is C14H17NO4. The second kappa shape index (κ2) is 5.73. The molecule has 0 radical (unpaired) electrons. The van der Waals surface area contributed by atoms with Crippen molar-refractivity contribution in [2.75, 3.05) is 20.2 Å². The summed E-state index contributed by atoms with van der Waals surface area (Å²) in [5.41, 5.74) is 1.89. The highest BCUT2D eigenvalue weighted by atomic mass is 16.6. The van der Waals surface area contributed by atoms with E-state index in [0.29, 0.717) is 18.7 Å². The summed E-state index contributed by atoms with van der Waals surface area (Å²) in [6.07, 6.45) is -0.0301. The number of ketones is 1. The molecular weight excluding hydrogens is 246 g/mol. The van der Waals surface area contributed by atoms with Gasteiger partial charge in [0.25, 0.3) is 0 Å². The van der Waals surface area contributed by atoms with E-state index in [0.717, 1.165) is 11.1 Å². The van der Waals surface area contributed by atoms with Gasteiger partial charge in [-0.1, -0.05) is 11.6 Å². The maximum absolute atomic E-state index is 11.8. The van der Waals surface area contributed by atoms with Crippen molar-refractivity contribution in [3.8, 4) is 5.75 Å². The molecule has 1 aliphatic heterocycles. The van der Waals surface area contributed by atoms with Gasteiger partial charge in [0, 0.05) is 18.5 Å². The molecule has 2 rings (SSSR count). The van der Waals surface area contributed by atoms with Crippen LogP contribution in [-0.2, 0) is 16.1 Å². The fourth-order valence-electron chi connectivity index (χ4n) is 2.04. The summed E-state index contributed by atoms with van der Waals surface area (Å²) >= 11 is 0. The topological polar surface area (TPSA) is 55.8 Å². The first-order valence-electron chi connectivity index (χ1n) is 6.17. The second-order valence-electron chi connectivity index (χ2n) is 4.58. The lowest BCUT2D eigenvalue weighted by Crippen LogP contribution is -2.29. The van der Waals surface area contributed by atoms with Crippen molar-refractivity contribution in [3.05, 3.63) is 29.3 Å². The minimum absolute atomic E-state index is 0.0742. The van der Waals surface area contributed by atoms with Gasteiger partial charge in [0.15, 0.2) is 5.78 Å². The number of rotatable bonds is 3. The quantitative estimate of drug-likeness (QED) is 0.836. The van der Waals surface area contributed by atoms with Crippen LogP contribution in [0.25, 0.3) is 0 Å². The van der Waals surface area contributed by atoms with Crippen LogP contribution in [0.3, 0.4) is 0 Å². The van der Waals surface area contributed by atoms with Crippen LogP contribution in [0.5, 0.6) is 5.75 Å². The third-order valence-corrected chi connectivity index (χ3v) is 3.07. The number of methoxy groups -OCH3 is 1. The Hall–Kier alpha value is -2.04. The summed E-state index contributed by atoms with van der Waals surface area (Å²) < 4.78 is 10.4. The number of nitrogens with zero attached hydrogens (tertiary/aromatic N) is 1. The van der Waals surface area contributed by atoms with Crippen molar-refractivity contribution in [2.45, 2.75) is 20.0 Å². The molecule has 1 fully saturated rings. The molecule has 102 valence electrons. The molecule has 0 aliphatic carbocycles. The molecule has 1 saturated heterocycles. The molecule has 19 heavy (non-hydrogen) atoms. The Morgan fingerprint density at radius 2 is 2.21 bits per heavy atom. The summed E-state index contributed by atoms with van der Waals surface area (Å²) in [6, 6.07) is 5.70. The number of hydrogen-bond acceptors (Lipinski definition) is 4. The molecule has 0 aromatic heterocycles. The number of amides is 1. The van der Waals surface area contributed by atoms with Gasteiger partial charge in [0.2, 0.25) is 0 Å². The molecule has 5 nitrogen and oxygen atoms in total. The molecule has 0 unspecified atom stereocenters. The summed E-state index contributed by atoms with van der Waals surface area (Å²) in [7, 11) is 1.58. The fourth-order valence-corrected chi connectivity index (χ4v) is 2.04. The van der Waals surface area contributed by atoms with Crippen molar-refractivity contribution >= 4 is 11.9 Å². The maximum Gasteiger partial charge on any atom is 0.410 e. The van der Waals surface area contributed by atoms with Crippen molar-refractivity contribution < 1.29 is 19.1 Å². The Balaban J connectivity index is 1.96. The first-order valence-corrected chi connectivity index (χ1v) is 6.17. The van der Waals surface area contributed by atoms with Gasteiger partial charge in [-0.05, 0) is 19.1 Å². The van der Waals surface area contributed by atoms with Gasteiger partial charge in [-0.2, -0.15) is 0 Å². The zero-order valence-electron chi connectivity index (χ0n) is 11.1. The monoisotopic (exact) mass is 263 g/mol. The standard InChI is InChI=1S/C14H17NO4/c1-10-3-4-13(18-2)11(7-10)9-19-14(17)15-6-5-12(16)8-15/h3-4,7H,5-6,8-9H2,1-2H3. The van der Waals surface area contributed by atoms with Gasteiger partial charge in [-0.3, -0.25) is 4.79 Å². The summed E-state index contributed by atoms with van der Waals surface area (Å²) in [5, 5.41) is 0. The molecule has 1 amide bonds. The highest BCUT2D eigenvalue weighted by Gasteiger charge is 2.25. The summed E-state index contributed by atoms with van der Waals surface area (Å²) in [4.78, 5) is 24.3. The van der Waals surface area contributed by atoms with E-state index in [1.165, 1.54) is 4.90 Å². The van der Waals surface area contributed by atoms with Crippen molar-refractivity contribution in [2.24, 2.45) is 0 Å². The molecule has 0 spiro atoms. The Morgan fingerprint density at radius 3 is 2.84 bits per heavy atom. The largest absolute Gasteiger partial charge is 0.496 e.